The summed E-state index contributed by atoms with van der Waals surface area (Å²) in [4.78, 5) is 14.5. The Kier molecular flexibility index (Phi) is 4.86. The number of methoxy groups -OCH3 is 1. The van der Waals surface area contributed by atoms with E-state index in [4.69, 9.17) is 4.74 Å². The Bertz CT molecular complexity index is 684. The summed E-state index contributed by atoms with van der Waals surface area (Å²) in [6, 6.07) is 15.7. The zero-order chi connectivity index (χ0) is 16.2. The van der Waals surface area contributed by atoms with Gasteiger partial charge in [-0.1, -0.05) is 28.1 Å². The van der Waals surface area contributed by atoms with E-state index in [0.29, 0.717) is 12.6 Å². The van der Waals surface area contributed by atoms with E-state index in [1.165, 1.54) is 0 Å². The standard InChI is InChI=1S/C18H19BrN2O2/c1-23-17-4-2-3-13(11-17)12-21(16-9-10-16)18(22)20-15-7-5-14(19)6-8-15/h2-8,11,16H,9-10,12H2,1H3,(H,20,22). The van der Waals surface area contributed by atoms with Gasteiger partial charge in [-0.05, 0) is 54.8 Å². The molecular formula is C18H19BrN2O2. The van der Waals surface area contributed by atoms with Gasteiger partial charge < -0.3 is 15.0 Å². The van der Waals surface area contributed by atoms with Gasteiger partial charge in [0.25, 0.3) is 0 Å². The van der Waals surface area contributed by atoms with Crippen molar-refractivity contribution in [2.75, 3.05) is 12.4 Å². The molecule has 1 aliphatic rings. The van der Waals surface area contributed by atoms with Crippen LogP contribution in [0.2, 0.25) is 0 Å². The number of hydrogen-bond acceptors (Lipinski definition) is 2. The normalized spacial score (nSPS) is 13.5. The summed E-state index contributed by atoms with van der Waals surface area (Å²) in [6.07, 6.45) is 2.13. The van der Waals surface area contributed by atoms with Crippen molar-refractivity contribution in [1.29, 1.82) is 0 Å². The molecule has 1 saturated carbocycles. The molecule has 2 aromatic carbocycles. The first kappa shape index (κ1) is 15.9. The van der Waals surface area contributed by atoms with E-state index in [9.17, 15) is 4.79 Å². The highest BCUT2D eigenvalue weighted by Gasteiger charge is 2.32. The molecule has 0 radical (unpaired) electrons. The molecule has 1 fully saturated rings. The van der Waals surface area contributed by atoms with Gasteiger partial charge in [-0.25, -0.2) is 4.79 Å². The van der Waals surface area contributed by atoms with Crippen LogP contribution in [0.25, 0.3) is 0 Å². The summed E-state index contributed by atoms with van der Waals surface area (Å²) in [5, 5.41) is 2.97. The molecule has 3 rings (SSSR count). The van der Waals surface area contributed by atoms with E-state index < -0.39 is 0 Å². The minimum Gasteiger partial charge on any atom is -0.497 e. The first-order valence-corrected chi connectivity index (χ1v) is 8.41. The van der Waals surface area contributed by atoms with Crippen LogP contribution in [0.3, 0.4) is 0 Å². The monoisotopic (exact) mass is 374 g/mol. The van der Waals surface area contributed by atoms with Gasteiger partial charge in [-0.2, -0.15) is 0 Å². The van der Waals surface area contributed by atoms with Crippen molar-refractivity contribution in [2.45, 2.75) is 25.4 Å². The average Bonchev–Trinajstić information content (AvgIpc) is 3.39. The van der Waals surface area contributed by atoms with Crippen LogP contribution < -0.4 is 10.1 Å². The second-order valence-electron chi connectivity index (χ2n) is 5.65. The fraction of sp³-hybridized carbons (Fsp3) is 0.278. The van der Waals surface area contributed by atoms with Gasteiger partial charge in [-0.15, -0.1) is 0 Å². The van der Waals surface area contributed by atoms with Gasteiger partial charge in [0.1, 0.15) is 5.75 Å². The maximum atomic E-state index is 12.6. The topological polar surface area (TPSA) is 41.6 Å². The molecule has 0 atom stereocenters. The molecule has 0 spiro atoms. The van der Waals surface area contributed by atoms with E-state index in [0.717, 1.165) is 34.3 Å². The van der Waals surface area contributed by atoms with Gasteiger partial charge in [0.05, 0.1) is 7.11 Å². The van der Waals surface area contributed by atoms with Crippen molar-refractivity contribution in [3.05, 3.63) is 58.6 Å². The molecule has 0 aromatic heterocycles. The Morgan fingerprint density at radius 3 is 2.65 bits per heavy atom. The lowest BCUT2D eigenvalue weighted by atomic mass is 10.2. The number of anilines is 1. The Morgan fingerprint density at radius 2 is 2.00 bits per heavy atom. The number of ether oxygens (including phenoxy) is 1. The van der Waals surface area contributed by atoms with Gasteiger partial charge >= 0.3 is 6.03 Å². The molecular weight excluding hydrogens is 356 g/mol. The van der Waals surface area contributed by atoms with Crippen LogP contribution in [0, 0.1) is 0 Å². The van der Waals surface area contributed by atoms with Crippen LogP contribution in [0.5, 0.6) is 5.75 Å². The number of amides is 2. The lowest BCUT2D eigenvalue weighted by molar-refractivity contribution is 0.206. The Hall–Kier alpha value is -2.01. The SMILES string of the molecule is COc1cccc(CN(C(=O)Nc2ccc(Br)cc2)C2CC2)c1. The third-order valence-corrected chi connectivity index (χ3v) is 4.36. The number of halogens is 1. The molecule has 0 heterocycles. The van der Waals surface area contributed by atoms with Crippen LogP contribution in [0.4, 0.5) is 10.5 Å². The molecule has 1 N–H and O–H groups in total. The molecule has 2 aromatic rings. The first-order valence-electron chi connectivity index (χ1n) is 7.62. The number of rotatable bonds is 5. The number of nitrogens with zero attached hydrogens (tertiary/aromatic N) is 1. The smallest absolute Gasteiger partial charge is 0.322 e. The summed E-state index contributed by atoms with van der Waals surface area (Å²) >= 11 is 3.40. The number of hydrogen-bond donors (Lipinski definition) is 1. The quantitative estimate of drug-likeness (QED) is 0.826. The van der Waals surface area contributed by atoms with Gasteiger partial charge in [0.2, 0.25) is 0 Å². The van der Waals surface area contributed by atoms with E-state index in [2.05, 4.69) is 21.2 Å². The maximum Gasteiger partial charge on any atom is 0.322 e. The van der Waals surface area contributed by atoms with Gasteiger partial charge in [-0.3, -0.25) is 0 Å². The maximum absolute atomic E-state index is 12.6. The minimum absolute atomic E-state index is 0.0577. The average molecular weight is 375 g/mol. The lowest BCUT2D eigenvalue weighted by Gasteiger charge is -2.23. The Morgan fingerprint density at radius 1 is 1.26 bits per heavy atom. The summed E-state index contributed by atoms with van der Waals surface area (Å²) in [7, 11) is 1.65. The predicted octanol–water partition coefficient (Wildman–Crippen LogP) is 4.65. The highest BCUT2D eigenvalue weighted by Crippen LogP contribution is 2.29. The summed E-state index contributed by atoms with van der Waals surface area (Å²) in [5.41, 5.74) is 1.87. The molecule has 1 aliphatic carbocycles. The fourth-order valence-electron chi connectivity index (χ4n) is 2.45. The van der Waals surface area contributed by atoms with Crippen LogP contribution in [0.1, 0.15) is 18.4 Å². The summed E-state index contributed by atoms with van der Waals surface area (Å²) < 4.78 is 6.25. The van der Waals surface area contributed by atoms with E-state index in [-0.39, 0.29) is 6.03 Å². The van der Waals surface area contributed by atoms with Gasteiger partial charge in [0.15, 0.2) is 0 Å². The molecule has 0 aliphatic heterocycles. The molecule has 0 saturated heterocycles. The number of nitrogens with one attached hydrogen (secondary N) is 1. The van der Waals surface area contributed by atoms with Crippen molar-refractivity contribution in [1.82, 2.24) is 4.90 Å². The highest BCUT2D eigenvalue weighted by molar-refractivity contribution is 9.10. The number of urea groups is 1. The predicted molar refractivity (Wildman–Crippen MR) is 94.7 cm³/mol. The number of carbonyl (C=O) groups excluding carboxylic acids is 1. The molecule has 4 nitrogen and oxygen atoms in total. The molecule has 23 heavy (non-hydrogen) atoms. The zero-order valence-corrected chi connectivity index (χ0v) is 14.5. The van der Waals surface area contributed by atoms with Crippen LogP contribution in [0.15, 0.2) is 53.0 Å². The first-order chi connectivity index (χ1) is 11.2. The number of benzene rings is 2. The van der Waals surface area contributed by atoms with Crippen LogP contribution in [-0.4, -0.2) is 24.1 Å². The van der Waals surface area contributed by atoms with Crippen LogP contribution in [-0.2, 0) is 6.54 Å². The molecule has 120 valence electrons. The lowest BCUT2D eigenvalue weighted by Crippen LogP contribution is -2.36. The second kappa shape index (κ2) is 7.04. The molecule has 0 unspecified atom stereocenters. The fourth-order valence-corrected chi connectivity index (χ4v) is 2.71. The van der Waals surface area contributed by atoms with Crippen molar-refractivity contribution < 1.29 is 9.53 Å². The second-order valence-corrected chi connectivity index (χ2v) is 6.56. The Labute approximate surface area is 144 Å². The van der Waals surface area contributed by atoms with Crippen molar-refractivity contribution >= 4 is 27.6 Å². The van der Waals surface area contributed by atoms with E-state index in [1.54, 1.807) is 7.11 Å². The van der Waals surface area contributed by atoms with Gasteiger partial charge in [0, 0.05) is 22.7 Å². The highest BCUT2D eigenvalue weighted by atomic mass is 79.9. The molecule has 0 bridgehead atoms. The third-order valence-electron chi connectivity index (χ3n) is 3.83. The summed E-state index contributed by atoms with van der Waals surface area (Å²) in [6.45, 7) is 0.588. The minimum atomic E-state index is -0.0577. The molecule has 5 heteroatoms. The van der Waals surface area contributed by atoms with Crippen molar-refractivity contribution in [3.8, 4) is 5.75 Å². The largest absolute Gasteiger partial charge is 0.497 e. The van der Waals surface area contributed by atoms with Crippen molar-refractivity contribution in [3.63, 3.8) is 0 Å². The third kappa shape index (κ3) is 4.26. The zero-order valence-electron chi connectivity index (χ0n) is 13.0. The summed E-state index contributed by atoms with van der Waals surface area (Å²) in [5.74, 6) is 0.812. The Balaban J connectivity index is 1.70. The van der Waals surface area contributed by atoms with E-state index in [1.807, 2.05) is 53.4 Å². The molecule has 2 amide bonds. The van der Waals surface area contributed by atoms with Crippen LogP contribution >= 0.6 is 15.9 Å². The van der Waals surface area contributed by atoms with Crippen molar-refractivity contribution in [2.24, 2.45) is 0 Å². The van der Waals surface area contributed by atoms with E-state index >= 15 is 0 Å². The number of carbonyl (C=O) groups is 1.